The number of methoxy groups -OCH3 is 1. The maximum Gasteiger partial charge on any atom is 0.514 e. The lowest BCUT2D eigenvalue weighted by atomic mass is 9.95. The molecule has 2 heterocycles. The maximum absolute atomic E-state index is 11.9. The third-order valence-corrected chi connectivity index (χ3v) is 4.91. The van der Waals surface area contributed by atoms with Crippen LogP contribution in [0.5, 0.6) is 5.88 Å². The molecule has 0 amide bonds. The Morgan fingerprint density at radius 1 is 1.00 bits per heavy atom. The highest BCUT2D eigenvalue weighted by molar-refractivity contribution is 6.30. The van der Waals surface area contributed by atoms with Gasteiger partial charge in [0.1, 0.15) is 0 Å². The normalized spacial score (nSPS) is 12.7. The largest absolute Gasteiger partial charge is 0.514 e. The second kappa shape index (κ2) is 6.89. The molecule has 0 atom stereocenters. The molecule has 26 heavy (non-hydrogen) atoms. The number of hydrogen-bond acceptors (Lipinski definition) is 3. The minimum Gasteiger partial charge on any atom is -0.437 e. The molecular weight excluding hydrogens is 350 g/mol. The molecule has 3 aromatic rings. The van der Waals surface area contributed by atoms with Gasteiger partial charge in [0, 0.05) is 22.8 Å². The van der Waals surface area contributed by atoms with E-state index in [0.717, 1.165) is 41.6 Å². The Morgan fingerprint density at radius 2 is 1.69 bits per heavy atom. The van der Waals surface area contributed by atoms with Crippen LogP contribution >= 0.6 is 11.6 Å². The zero-order valence-electron chi connectivity index (χ0n) is 14.4. The van der Waals surface area contributed by atoms with Crippen molar-refractivity contribution in [1.82, 2.24) is 4.57 Å². The van der Waals surface area contributed by atoms with Crippen molar-refractivity contribution in [2.75, 3.05) is 7.11 Å². The minimum absolute atomic E-state index is 0.533. The molecule has 1 aromatic heterocycles. The molecule has 0 spiro atoms. The van der Waals surface area contributed by atoms with Crippen LogP contribution in [0.15, 0.2) is 54.6 Å². The summed E-state index contributed by atoms with van der Waals surface area (Å²) in [7, 11) is 1.32. The number of nitrogens with zero attached hydrogens (tertiary/aromatic N) is 1. The van der Waals surface area contributed by atoms with E-state index in [1.165, 1.54) is 12.8 Å². The molecule has 4 rings (SSSR count). The molecule has 132 valence electrons. The Hall–Kier alpha value is -2.72. The maximum atomic E-state index is 11.9. The van der Waals surface area contributed by atoms with Gasteiger partial charge in [-0.15, -0.1) is 0 Å². The third kappa shape index (κ3) is 2.86. The average molecular weight is 368 g/mol. The molecular formula is C21H18ClNO3. The molecule has 4 nitrogen and oxygen atoms in total. The molecule has 0 unspecified atom stereocenters. The van der Waals surface area contributed by atoms with E-state index in [1.54, 1.807) is 0 Å². The Kier molecular flexibility index (Phi) is 4.43. The minimum atomic E-state index is -0.716. The fraction of sp³-hybridized carbons (Fsp3) is 0.190. The summed E-state index contributed by atoms with van der Waals surface area (Å²) < 4.78 is 12.4. The van der Waals surface area contributed by atoms with Gasteiger partial charge in [-0.25, -0.2) is 4.79 Å². The smallest absolute Gasteiger partial charge is 0.437 e. The van der Waals surface area contributed by atoms with Crippen molar-refractivity contribution >= 4 is 17.8 Å². The lowest BCUT2D eigenvalue weighted by Crippen LogP contribution is -2.11. The molecule has 0 saturated carbocycles. The molecule has 2 aromatic carbocycles. The molecule has 0 fully saturated rings. The first-order chi connectivity index (χ1) is 12.7. The van der Waals surface area contributed by atoms with Crippen LogP contribution in [0.25, 0.3) is 22.3 Å². The van der Waals surface area contributed by atoms with E-state index >= 15 is 0 Å². The quantitative estimate of drug-likeness (QED) is 0.568. The number of hydrogen-bond donors (Lipinski definition) is 0. The van der Waals surface area contributed by atoms with Crippen LogP contribution in [0, 0.1) is 0 Å². The van der Waals surface area contributed by atoms with Crippen LogP contribution in [-0.2, 0) is 17.7 Å². The summed E-state index contributed by atoms with van der Waals surface area (Å²) in [6.07, 6.45) is 1.25. The van der Waals surface area contributed by atoms with Crippen LogP contribution in [0.3, 0.4) is 0 Å². The number of fused-ring (bicyclic) bond motifs is 1. The molecule has 0 radical (unpaired) electrons. The van der Waals surface area contributed by atoms with Gasteiger partial charge in [-0.05, 0) is 36.1 Å². The summed E-state index contributed by atoms with van der Waals surface area (Å²) in [5.74, 6) is 0.533. The SMILES string of the molecule is COC(=O)Oc1c(-c2ccc(Cl)cc2)c(-c2ccccc2)c2n1CCC2. The summed E-state index contributed by atoms with van der Waals surface area (Å²) in [6, 6.07) is 17.8. The molecule has 1 aliphatic heterocycles. The van der Waals surface area contributed by atoms with Crippen molar-refractivity contribution < 1.29 is 14.3 Å². The molecule has 0 aliphatic carbocycles. The summed E-state index contributed by atoms with van der Waals surface area (Å²) >= 11 is 6.07. The Balaban J connectivity index is 1.99. The van der Waals surface area contributed by atoms with E-state index in [9.17, 15) is 4.79 Å². The molecule has 0 saturated heterocycles. The van der Waals surface area contributed by atoms with Gasteiger partial charge in [-0.3, -0.25) is 0 Å². The Morgan fingerprint density at radius 3 is 2.38 bits per heavy atom. The number of carbonyl (C=O) groups excluding carboxylic acids is 1. The van der Waals surface area contributed by atoms with Crippen molar-refractivity contribution in [2.45, 2.75) is 19.4 Å². The highest BCUT2D eigenvalue weighted by atomic mass is 35.5. The van der Waals surface area contributed by atoms with Gasteiger partial charge in [0.25, 0.3) is 0 Å². The van der Waals surface area contributed by atoms with Crippen molar-refractivity contribution in [1.29, 1.82) is 0 Å². The predicted octanol–water partition coefficient (Wildman–Crippen LogP) is 5.57. The summed E-state index contributed by atoms with van der Waals surface area (Å²) in [5, 5.41) is 0.664. The van der Waals surface area contributed by atoms with E-state index < -0.39 is 6.16 Å². The van der Waals surface area contributed by atoms with Gasteiger partial charge in [0.2, 0.25) is 5.88 Å². The first-order valence-electron chi connectivity index (χ1n) is 8.51. The first kappa shape index (κ1) is 16.7. The highest BCUT2D eigenvalue weighted by Crippen LogP contribution is 2.47. The van der Waals surface area contributed by atoms with Gasteiger partial charge in [0.05, 0.1) is 12.7 Å². The zero-order valence-corrected chi connectivity index (χ0v) is 15.1. The lowest BCUT2D eigenvalue weighted by molar-refractivity contribution is 0.118. The molecule has 1 aliphatic rings. The van der Waals surface area contributed by atoms with E-state index in [1.807, 2.05) is 42.5 Å². The van der Waals surface area contributed by atoms with Gasteiger partial charge >= 0.3 is 6.16 Å². The monoisotopic (exact) mass is 367 g/mol. The standard InChI is InChI=1S/C21H18ClNO3/c1-25-21(24)26-20-19(15-9-11-16(22)12-10-15)18(14-6-3-2-4-7-14)17-8-5-13-23(17)20/h2-4,6-7,9-12H,5,8,13H2,1H3. The van der Waals surface area contributed by atoms with Crippen molar-refractivity contribution in [3.05, 3.63) is 65.3 Å². The topological polar surface area (TPSA) is 40.5 Å². The number of carbonyl (C=O) groups is 1. The Labute approximate surface area is 156 Å². The summed E-state index contributed by atoms with van der Waals surface area (Å²) in [5.41, 5.74) is 5.23. The van der Waals surface area contributed by atoms with Gasteiger partial charge < -0.3 is 14.0 Å². The van der Waals surface area contributed by atoms with E-state index in [-0.39, 0.29) is 0 Å². The van der Waals surface area contributed by atoms with Crippen molar-refractivity contribution in [3.63, 3.8) is 0 Å². The van der Waals surface area contributed by atoms with Crippen LogP contribution in [-0.4, -0.2) is 17.8 Å². The van der Waals surface area contributed by atoms with Crippen LogP contribution in [0.1, 0.15) is 12.1 Å². The van der Waals surface area contributed by atoms with E-state index in [0.29, 0.717) is 10.9 Å². The molecule has 5 heteroatoms. The predicted molar refractivity (Wildman–Crippen MR) is 102 cm³/mol. The highest BCUT2D eigenvalue weighted by Gasteiger charge is 2.30. The van der Waals surface area contributed by atoms with Gasteiger partial charge in [0.15, 0.2) is 0 Å². The first-order valence-corrected chi connectivity index (χ1v) is 8.89. The third-order valence-electron chi connectivity index (χ3n) is 4.66. The van der Waals surface area contributed by atoms with Crippen LogP contribution in [0.4, 0.5) is 4.79 Å². The number of rotatable bonds is 3. The van der Waals surface area contributed by atoms with E-state index in [2.05, 4.69) is 16.7 Å². The van der Waals surface area contributed by atoms with Crippen molar-refractivity contribution in [2.24, 2.45) is 0 Å². The molecule has 0 bridgehead atoms. The van der Waals surface area contributed by atoms with Crippen molar-refractivity contribution in [3.8, 4) is 28.1 Å². The van der Waals surface area contributed by atoms with E-state index in [4.69, 9.17) is 21.1 Å². The van der Waals surface area contributed by atoms with Crippen LogP contribution < -0.4 is 4.74 Å². The lowest BCUT2D eigenvalue weighted by Gasteiger charge is -2.11. The fourth-order valence-corrected chi connectivity index (χ4v) is 3.70. The summed E-state index contributed by atoms with van der Waals surface area (Å²) in [4.78, 5) is 11.9. The second-order valence-electron chi connectivity index (χ2n) is 6.19. The number of halogens is 1. The van der Waals surface area contributed by atoms with Gasteiger partial charge in [-0.1, -0.05) is 54.1 Å². The average Bonchev–Trinajstić information content (AvgIpc) is 3.25. The number of ether oxygens (including phenoxy) is 2. The van der Waals surface area contributed by atoms with Gasteiger partial charge in [-0.2, -0.15) is 0 Å². The number of benzene rings is 2. The fourth-order valence-electron chi connectivity index (χ4n) is 3.57. The second-order valence-corrected chi connectivity index (χ2v) is 6.62. The Bertz CT molecular complexity index is 946. The van der Waals surface area contributed by atoms with Crippen LogP contribution in [0.2, 0.25) is 5.02 Å². The summed E-state index contributed by atoms with van der Waals surface area (Å²) in [6.45, 7) is 0.815. The molecule has 0 N–H and O–H groups in total. The zero-order chi connectivity index (χ0) is 18.1. The number of aromatic nitrogens is 1.